The molecular formula is C34H30O8. The topological polar surface area (TPSA) is 101 Å². The molecule has 1 aliphatic heterocycles. The van der Waals surface area contributed by atoms with Gasteiger partial charge in [0, 0.05) is 17.4 Å². The molecule has 4 atom stereocenters. The number of fused-ring (bicyclic) bond motifs is 1. The summed E-state index contributed by atoms with van der Waals surface area (Å²) in [5, 5.41) is 10.4. The highest BCUT2D eigenvalue weighted by atomic mass is 16.6. The number of rotatable bonds is 8. The van der Waals surface area contributed by atoms with E-state index >= 15 is 0 Å². The number of para-hydroxylation sites is 3. The first kappa shape index (κ1) is 27.2. The fourth-order valence-electron chi connectivity index (χ4n) is 6.19. The predicted molar refractivity (Wildman–Crippen MR) is 155 cm³/mol. The highest BCUT2D eigenvalue weighted by Crippen LogP contribution is 2.60. The first-order chi connectivity index (χ1) is 20.5. The summed E-state index contributed by atoms with van der Waals surface area (Å²) in [5.41, 5.74) is 2.77. The van der Waals surface area contributed by atoms with E-state index in [1.807, 2.05) is 54.6 Å². The Bertz CT molecular complexity index is 1570. The van der Waals surface area contributed by atoms with Gasteiger partial charge in [0.25, 0.3) is 0 Å². The van der Waals surface area contributed by atoms with Crippen LogP contribution in [0, 0.1) is 11.8 Å². The van der Waals surface area contributed by atoms with Crippen molar-refractivity contribution in [3.63, 3.8) is 0 Å². The lowest BCUT2D eigenvalue weighted by Crippen LogP contribution is -2.52. The average molecular weight is 567 g/mol. The number of carbonyl (C=O) groups excluding carboxylic acids is 1. The third kappa shape index (κ3) is 4.79. The largest absolute Gasteiger partial charge is 0.496 e. The molecule has 42 heavy (non-hydrogen) atoms. The molecule has 214 valence electrons. The Kier molecular flexibility index (Phi) is 7.44. The molecule has 1 saturated carbocycles. The number of benzene rings is 4. The summed E-state index contributed by atoms with van der Waals surface area (Å²) in [6, 6.07) is 27.2. The van der Waals surface area contributed by atoms with E-state index in [2.05, 4.69) is 0 Å². The summed E-state index contributed by atoms with van der Waals surface area (Å²) in [6.45, 7) is 0.939. The maximum Gasteiger partial charge on any atom is 0.315 e. The standard InChI is InChI=1S/C34H30O8/c1-38-24-12-6-4-10-22(24)29-31(33(35)36)30(23-11-5-7-13-25(23)39-2)32(29)34(37)42-26-14-8-3-9-21(26)20-15-16-27-28(19-20)41-18-17-40-27/h3-16,19,29-32H,17-18H2,1-2H3,(H,35,36)/t29-,30?,31?,32?/m1/s1. The third-order valence-corrected chi connectivity index (χ3v) is 8.05. The van der Waals surface area contributed by atoms with E-state index in [0.717, 1.165) is 5.56 Å². The number of carbonyl (C=O) groups is 2. The second kappa shape index (κ2) is 11.5. The van der Waals surface area contributed by atoms with Crippen LogP contribution < -0.4 is 23.7 Å². The second-order valence-corrected chi connectivity index (χ2v) is 10.2. The minimum atomic E-state index is -1.01. The number of ether oxygens (including phenoxy) is 5. The number of hydrogen-bond acceptors (Lipinski definition) is 7. The van der Waals surface area contributed by atoms with Gasteiger partial charge in [-0.15, -0.1) is 0 Å². The maximum atomic E-state index is 14.2. The van der Waals surface area contributed by atoms with Gasteiger partial charge in [-0.25, -0.2) is 0 Å². The van der Waals surface area contributed by atoms with Gasteiger partial charge in [0.05, 0.1) is 26.1 Å². The molecule has 1 heterocycles. The van der Waals surface area contributed by atoms with Gasteiger partial charge in [-0.1, -0.05) is 60.7 Å². The molecule has 1 N–H and O–H groups in total. The smallest absolute Gasteiger partial charge is 0.315 e. The summed E-state index contributed by atoms with van der Waals surface area (Å²) in [4.78, 5) is 27.0. The van der Waals surface area contributed by atoms with Gasteiger partial charge in [0.2, 0.25) is 0 Å². The van der Waals surface area contributed by atoms with E-state index in [0.29, 0.717) is 58.7 Å². The first-order valence-electron chi connectivity index (χ1n) is 13.7. The molecule has 4 aromatic carbocycles. The fraction of sp³-hybridized carbons (Fsp3) is 0.235. The van der Waals surface area contributed by atoms with Crippen LogP contribution in [0.15, 0.2) is 91.0 Å². The zero-order chi connectivity index (χ0) is 29.2. The zero-order valence-corrected chi connectivity index (χ0v) is 23.2. The van der Waals surface area contributed by atoms with Crippen LogP contribution in [0.25, 0.3) is 11.1 Å². The zero-order valence-electron chi connectivity index (χ0n) is 23.2. The third-order valence-electron chi connectivity index (χ3n) is 8.05. The molecule has 0 radical (unpaired) electrons. The van der Waals surface area contributed by atoms with Crippen LogP contribution in [0.1, 0.15) is 23.0 Å². The summed E-state index contributed by atoms with van der Waals surface area (Å²) in [7, 11) is 3.06. The maximum absolute atomic E-state index is 14.2. The second-order valence-electron chi connectivity index (χ2n) is 10.2. The quantitative estimate of drug-likeness (QED) is 0.206. The van der Waals surface area contributed by atoms with Crippen LogP contribution in [-0.4, -0.2) is 44.5 Å². The minimum absolute atomic E-state index is 0.357. The van der Waals surface area contributed by atoms with Crippen molar-refractivity contribution in [1.29, 1.82) is 0 Å². The number of carboxylic acids is 1. The minimum Gasteiger partial charge on any atom is -0.496 e. The van der Waals surface area contributed by atoms with Crippen LogP contribution in [0.2, 0.25) is 0 Å². The molecule has 8 heteroatoms. The van der Waals surface area contributed by atoms with Crippen LogP contribution in [-0.2, 0) is 9.59 Å². The van der Waals surface area contributed by atoms with E-state index in [9.17, 15) is 14.7 Å². The number of esters is 1. The van der Waals surface area contributed by atoms with Crippen LogP contribution >= 0.6 is 0 Å². The van der Waals surface area contributed by atoms with E-state index in [-0.39, 0.29) is 0 Å². The monoisotopic (exact) mass is 566 g/mol. The molecule has 3 unspecified atom stereocenters. The number of carboxylic acid groups (broad SMARTS) is 1. The number of aliphatic carboxylic acids is 1. The van der Waals surface area contributed by atoms with E-state index in [1.165, 1.54) is 14.2 Å². The van der Waals surface area contributed by atoms with Gasteiger partial charge in [-0.05, 0) is 47.0 Å². The Morgan fingerprint density at radius 2 is 1.24 bits per heavy atom. The van der Waals surface area contributed by atoms with Crippen molar-refractivity contribution < 1.29 is 38.4 Å². The molecule has 0 spiro atoms. The van der Waals surface area contributed by atoms with Crippen molar-refractivity contribution in [1.82, 2.24) is 0 Å². The highest BCUT2D eigenvalue weighted by Gasteiger charge is 2.60. The molecule has 1 aliphatic carbocycles. The van der Waals surface area contributed by atoms with Crippen LogP contribution in [0.3, 0.4) is 0 Å². The first-order valence-corrected chi connectivity index (χ1v) is 13.7. The molecule has 0 bridgehead atoms. The normalized spacial score (nSPS) is 20.6. The van der Waals surface area contributed by atoms with Gasteiger partial charge < -0.3 is 28.8 Å². The number of methoxy groups -OCH3 is 2. The SMILES string of the molecule is COc1ccccc1C1C(C(=O)O)[C@@H](c2ccccc2OC)C1C(=O)Oc1ccccc1-c1ccc2c(c1)OCCO2. The summed E-state index contributed by atoms with van der Waals surface area (Å²) >= 11 is 0. The van der Waals surface area contributed by atoms with Crippen molar-refractivity contribution in [3.05, 3.63) is 102 Å². The van der Waals surface area contributed by atoms with Crippen molar-refractivity contribution >= 4 is 11.9 Å². The van der Waals surface area contributed by atoms with Crippen LogP contribution in [0.4, 0.5) is 0 Å². The summed E-state index contributed by atoms with van der Waals surface area (Å²) < 4.78 is 28.7. The molecule has 6 rings (SSSR count). The molecule has 1 fully saturated rings. The Labute approximate surface area is 243 Å². The molecule has 0 saturated heterocycles. The molecular weight excluding hydrogens is 536 g/mol. The average Bonchev–Trinajstić information content (AvgIpc) is 3.01. The van der Waals surface area contributed by atoms with E-state index in [1.54, 1.807) is 36.4 Å². The van der Waals surface area contributed by atoms with Gasteiger partial charge in [-0.2, -0.15) is 0 Å². The van der Waals surface area contributed by atoms with Crippen molar-refractivity contribution in [2.75, 3.05) is 27.4 Å². The van der Waals surface area contributed by atoms with Crippen molar-refractivity contribution in [3.8, 4) is 39.9 Å². The highest BCUT2D eigenvalue weighted by molar-refractivity contribution is 5.87. The molecule has 8 nitrogen and oxygen atoms in total. The lowest BCUT2D eigenvalue weighted by molar-refractivity contribution is -0.158. The number of hydrogen-bond donors (Lipinski definition) is 1. The van der Waals surface area contributed by atoms with E-state index < -0.39 is 35.6 Å². The summed E-state index contributed by atoms with van der Waals surface area (Å²) in [5.74, 6) is -2.00. The molecule has 4 aromatic rings. The van der Waals surface area contributed by atoms with Gasteiger partial charge in [0.1, 0.15) is 30.5 Å². The van der Waals surface area contributed by atoms with E-state index in [4.69, 9.17) is 23.7 Å². The molecule has 0 amide bonds. The van der Waals surface area contributed by atoms with Crippen LogP contribution in [0.5, 0.6) is 28.7 Å². The Hall–Kier alpha value is -4.98. The molecule has 0 aromatic heterocycles. The lowest BCUT2D eigenvalue weighted by Gasteiger charge is -2.49. The van der Waals surface area contributed by atoms with Crippen molar-refractivity contribution in [2.24, 2.45) is 11.8 Å². The van der Waals surface area contributed by atoms with Crippen molar-refractivity contribution in [2.45, 2.75) is 11.8 Å². The van der Waals surface area contributed by atoms with Gasteiger partial charge in [0.15, 0.2) is 11.5 Å². The summed E-state index contributed by atoms with van der Waals surface area (Å²) in [6.07, 6.45) is 0. The van der Waals surface area contributed by atoms with Gasteiger partial charge in [-0.3, -0.25) is 9.59 Å². The Morgan fingerprint density at radius 1 is 0.690 bits per heavy atom. The predicted octanol–water partition coefficient (Wildman–Crippen LogP) is 5.95. The Balaban J connectivity index is 1.41. The Morgan fingerprint density at radius 3 is 1.83 bits per heavy atom. The molecule has 2 aliphatic rings. The fourth-order valence-corrected chi connectivity index (χ4v) is 6.19. The lowest BCUT2D eigenvalue weighted by atomic mass is 9.52. The van der Waals surface area contributed by atoms with Gasteiger partial charge >= 0.3 is 11.9 Å².